The molecule has 1 N–H and O–H groups in total. The summed E-state index contributed by atoms with van der Waals surface area (Å²) in [6, 6.07) is 3.67. The minimum atomic E-state index is -4.49. The van der Waals surface area contributed by atoms with Crippen LogP contribution in [0.1, 0.15) is 36.2 Å². The number of carbonyl (C=O) groups excluding carboxylic acids is 1. The first-order chi connectivity index (χ1) is 9.32. The van der Waals surface area contributed by atoms with Gasteiger partial charge in [0.05, 0.1) is 16.8 Å². The molecule has 112 valence electrons. The zero-order valence-electron chi connectivity index (χ0n) is 11.8. The van der Waals surface area contributed by atoms with Crippen molar-refractivity contribution in [1.82, 2.24) is 4.90 Å². The van der Waals surface area contributed by atoms with E-state index < -0.39 is 17.6 Å². The zero-order chi connectivity index (χ0) is 15.3. The van der Waals surface area contributed by atoms with Crippen molar-refractivity contribution in [3.05, 3.63) is 29.3 Å². The maximum Gasteiger partial charge on any atom is 0.418 e. The molecule has 0 spiro atoms. The number of hydrogen-bond acceptors (Lipinski definition) is 2. The van der Waals surface area contributed by atoms with E-state index in [9.17, 15) is 18.0 Å². The van der Waals surface area contributed by atoms with E-state index in [1.807, 2.05) is 6.92 Å². The minimum absolute atomic E-state index is 0.0534. The summed E-state index contributed by atoms with van der Waals surface area (Å²) >= 11 is 0. The van der Waals surface area contributed by atoms with E-state index in [1.165, 1.54) is 17.0 Å². The smallest absolute Gasteiger partial charge is 0.384 e. The monoisotopic (exact) mass is 288 g/mol. The standard InChI is InChI=1S/C14H19F3N2O/c1-4-9-18-12-10(13(20)19(3)5-2)7-6-8-11(12)14(15,16)17/h6-8,18H,4-5,9H2,1-3H3. The molecule has 0 bridgehead atoms. The number of nitrogens with zero attached hydrogens (tertiary/aromatic N) is 1. The second kappa shape index (κ2) is 6.63. The van der Waals surface area contributed by atoms with Gasteiger partial charge in [0.1, 0.15) is 0 Å². The molecule has 1 aromatic carbocycles. The summed E-state index contributed by atoms with van der Waals surface area (Å²) < 4.78 is 39.1. The third kappa shape index (κ3) is 3.65. The van der Waals surface area contributed by atoms with Gasteiger partial charge in [-0.15, -0.1) is 0 Å². The average molecular weight is 288 g/mol. The van der Waals surface area contributed by atoms with Crippen LogP contribution in [0.5, 0.6) is 0 Å². The maximum atomic E-state index is 13.0. The third-order valence-corrected chi connectivity index (χ3v) is 2.97. The van der Waals surface area contributed by atoms with E-state index in [-0.39, 0.29) is 11.3 Å². The number of benzene rings is 1. The Morgan fingerprint density at radius 1 is 1.30 bits per heavy atom. The first-order valence-electron chi connectivity index (χ1n) is 6.52. The number of carbonyl (C=O) groups is 1. The van der Waals surface area contributed by atoms with E-state index in [2.05, 4.69) is 5.32 Å². The predicted molar refractivity (Wildman–Crippen MR) is 72.9 cm³/mol. The van der Waals surface area contributed by atoms with Crippen LogP contribution in [0.25, 0.3) is 0 Å². The van der Waals surface area contributed by atoms with Gasteiger partial charge in [-0.2, -0.15) is 13.2 Å². The maximum absolute atomic E-state index is 13.0. The normalized spacial score (nSPS) is 11.3. The van der Waals surface area contributed by atoms with Crippen LogP contribution in [0.4, 0.5) is 18.9 Å². The molecule has 3 nitrogen and oxygen atoms in total. The fraction of sp³-hybridized carbons (Fsp3) is 0.500. The molecular formula is C14H19F3N2O. The summed E-state index contributed by atoms with van der Waals surface area (Å²) in [6.07, 6.45) is -3.82. The highest BCUT2D eigenvalue weighted by Crippen LogP contribution is 2.37. The number of para-hydroxylation sites is 1. The van der Waals surface area contributed by atoms with Crippen molar-refractivity contribution in [2.45, 2.75) is 26.4 Å². The zero-order valence-corrected chi connectivity index (χ0v) is 11.8. The van der Waals surface area contributed by atoms with Gasteiger partial charge >= 0.3 is 6.18 Å². The van der Waals surface area contributed by atoms with E-state index in [0.29, 0.717) is 19.5 Å². The molecule has 0 radical (unpaired) electrons. The van der Waals surface area contributed by atoms with Gasteiger partial charge in [-0.05, 0) is 25.5 Å². The van der Waals surface area contributed by atoms with Crippen LogP contribution in [0.2, 0.25) is 0 Å². The Kier molecular flexibility index (Phi) is 5.42. The minimum Gasteiger partial charge on any atom is -0.384 e. The molecule has 0 aliphatic heterocycles. The van der Waals surface area contributed by atoms with Gasteiger partial charge < -0.3 is 10.2 Å². The second-order valence-corrected chi connectivity index (χ2v) is 4.47. The quantitative estimate of drug-likeness (QED) is 0.897. The van der Waals surface area contributed by atoms with Gasteiger partial charge in [-0.3, -0.25) is 4.79 Å². The van der Waals surface area contributed by atoms with Crippen LogP contribution in [0.15, 0.2) is 18.2 Å². The van der Waals surface area contributed by atoms with E-state index in [0.717, 1.165) is 6.07 Å². The van der Waals surface area contributed by atoms with Crippen LogP contribution >= 0.6 is 0 Å². The van der Waals surface area contributed by atoms with Crippen molar-refractivity contribution in [1.29, 1.82) is 0 Å². The lowest BCUT2D eigenvalue weighted by atomic mass is 10.0. The van der Waals surface area contributed by atoms with Gasteiger partial charge in [0, 0.05) is 20.1 Å². The highest BCUT2D eigenvalue weighted by atomic mass is 19.4. The predicted octanol–water partition coefficient (Wildman–Crippen LogP) is 3.62. The summed E-state index contributed by atoms with van der Waals surface area (Å²) in [7, 11) is 1.56. The molecule has 6 heteroatoms. The Labute approximate surface area is 116 Å². The van der Waals surface area contributed by atoms with Gasteiger partial charge in [0.2, 0.25) is 0 Å². The number of nitrogens with one attached hydrogen (secondary N) is 1. The van der Waals surface area contributed by atoms with Gasteiger partial charge in [0.15, 0.2) is 0 Å². The van der Waals surface area contributed by atoms with Crippen LogP contribution in [0.3, 0.4) is 0 Å². The lowest BCUT2D eigenvalue weighted by Gasteiger charge is -2.21. The van der Waals surface area contributed by atoms with E-state index >= 15 is 0 Å². The molecule has 0 fully saturated rings. The Balaban J connectivity index is 3.32. The number of halogens is 3. The number of hydrogen-bond donors (Lipinski definition) is 1. The van der Waals surface area contributed by atoms with Gasteiger partial charge in [-0.25, -0.2) is 0 Å². The Bertz CT molecular complexity index is 472. The molecule has 0 aliphatic carbocycles. The van der Waals surface area contributed by atoms with Crippen LogP contribution < -0.4 is 5.32 Å². The van der Waals surface area contributed by atoms with Crippen molar-refractivity contribution in [3.63, 3.8) is 0 Å². The molecular weight excluding hydrogens is 269 g/mol. The SMILES string of the molecule is CCCNc1c(C(=O)N(C)CC)cccc1C(F)(F)F. The highest BCUT2D eigenvalue weighted by Gasteiger charge is 2.35. The summed E-state index contributed by atoms with van der Waals surface area (Å²) in [5.74, 6) is -0.419. The lowest BCUT2D eigenvalue weighted by Crippen LogP contribution is -2.28. The number of rotatable bonds is 5. The van der Waals surface area contributed by atoms with Crippen molar-refractivity contribution in [2.24, 2.45) is 0 Å². The second-order valence-electron chi connectivity index (χ2n) is 4.47. The lowest BCUT2D eigenvalue weighted by molar-refractivity contribution is -0.137. The Morgan fingerprint density at radius 3 is 2.45 bits per heavy atom. The Hall–Kier alpha value is -1.72. The Morgan fingerprint density at radius 2 is 1.95 bits per heavy atom. The molecule has 0 saturated heterocycles. The van der Waals surface area contributed by atoms with Crippen molar-refractivity contribution in [2.75, 3.05) is 25.5 Å². The summed E-state index contributed by atoms with van der Waals surface area (Å²) in [4.78, 5) is 13.5. The van der Waals surface area contributed by atoms with Crippen LogP contribution in [-0.2, 0) is 6.18 Å². The van der Waals surface area contributed by atoms with Crippen molar-refractivity contribution in [3.8, 4) is 0 Å². The van der Waals surface area contributed by atoms with Crippen molar-refractivity contribution < 1.29 is 18.0 Å². The molecule has 0 aromatic heterocycles. The topological polar surface area (TPSA) is 32.3 Å². The summed E-state index contributed by atoms with van der Waals surface area (Å²) in [5.41, 5.74) is -0.883. The third-order valence-electron chi connectivity index (χ3n) is 2.97. The molecule has 20 heavy (non-hydrogen) atoms. The average Bonchev–Trinajstić information content (AvgIpc) is 2.41. The molecule has 0 atom stereocenters. The fourth-order valence-electron chi connectivity index (χ4n) is 1.76. The first-order valence-corrected chi connectivity index (χ1v) is 6.52. The number of anilines is 1. The largest absolute Gasteiger partial charge is 0.418 e. The molecule has 0 aliphatic rings. The summed E-state index contributed by atoms with van der Waals surface area (Å²) in [5, 5.41) is 2.73. The fourth-order valence-corrected chi connectivity index (χ4v) is 1.76. The molecule has 1 amide bonds. The number of alkyl halides is 3. The van der Waals surface area contributed by atoms with E-state index in [4.69, 9.17) is 0 Å². The molecule has 0 heterocycles. The van der Waals surface area contributed by atoms with Crippen LogP contribution in [0, 0.1) is 0 Å². The molecule has 1 rings (SSSR count). The first kappa shape index (κ1) is 16.3. The highest BCUT2D eigenvalue weighted by molar-refractivity contribution is 6.00. The van der Waals surface area contributed by atoms with Gasteiger partial charge in [0.25, 0.3) is 5.91 Å². The summed E-state index contributed by atoms with van der Waals surface area (Å²) in [6.45, 7) is 4.43. The molecule has 0 saturated carbocycles. The van der Waals surface area contributed by atoms with Crippen LogP contribution in [-0.4, -0.2) is 30.9 Å². The molecule has 1 aromatic rings. The van der Waals surface area contributed by atoms with Gasteiger partial charge in [-0.1, -0.05) is 13.0 Å². The number of amides is 1. The van der Waals surface area contributed by atoms with Crippen molar-refractivity contribution >= 4 is 11.6 Å². The van der Waals surface area contributed by atoms with E-state index in [1.54, 1.807) is 14.0 Å². The molecule has 0 unspecified atom stereocenters.